The second-order valence-corrected chi connectivity index (χ2v) is 9.10. The molecule has 0 aromatic heterocycles. The Bertz CT molecular complexity index is 675. The average molecular weight is 427 g/mol. The zero-order chi connectivity index (χ0) is 22.6. The molecule has 2 saturated heterocycles. The summed E-state index contributed by atoms with van der Waals surface area (Å²) < 4.78 is 10.2. The number of esters is 1. The van der Waals surface area contributed by atoms with Gasteiger partial charge in [-0.1, -0.05) is 13.8 Å². The molecular formula is C20H34N4O6. The van der Waals surface area contributed by atoms with E-state index in [-0.39, 0.29) is 18.4 Å². The topological polar surface area (TPSA) is 108 Å². The number of nitrogens with one attached hydrogen (secondary N) is 1. The van der Waals surface area contributed by atoms with E-state index < -0.39 is 35.7 Å². The molecule has 2 aliphatic heterocycles. The van der Waals surface area contributed by atoms with E-state index in [0.29, 0.717) is 32.5 Å². The van der Waals surface area contributed by atoms with Crippen LogP contribution in [-0.4, -0.2) is 89.8 Å². The van der Waals surface area contributed by atoms with Gasteiger partial charge in [-0.25, -0.2) is 14.6 Å². The Kier molecular flexibility index (Phi) is 7.68. The molecule has 30 heavy (non-hydrogen) atoms. The SMILES string of the molecule is COC(=O)[C@@H]1CCN2CCN(C(=O)CC(C)C)C[C@H](NC(=O)OC(C)(C)C)C(=O)N12. The van der Waals surface area contributed by atoms with Gasteiger partial charge < -0.3 is 19.7 Å². The van der Waals surface area contributed by atoms with E-state index in [1.54, 1.807) is 30.7 Å². The van der Waals surface area contributed by atoms with Crippen LogP contribution in [0.1, 0.15) is 47.5 Å². The zero-order valence-corrected chi connectivity index (χ0v) is 18.8. The molecule has 170 valence electrons. The Morgan fingerprint density at radius 2 is 1.83 bits per heavy atom. The number of hydrazine groups is 1. The van der Waals surface area contributed by atoms with Crippen LogP contribution in [0.15, 0.2) is 0 Å². The van der Waals surface area contributed by atoms with Gasteiger partial charge in [-0.2, -0.15) is 0 Å². The lowest BCUT2D eigenvalue weighted by atomic mass is 10.1. The van der Waals surface area contributed by atoms with Crippen molar-refractivity contribution in [2.24, 2.45) is 5.92 Å². The van der Waals surface area contributed by atoms with Gasteiger partial charge in [-0.15, -0.1) is 0 Å². The molecule has 2 atom stereocenters. The second kappa shape index (κ2) is 9.63. The van der Waals surface area contributed by atoms with Gasteiger partial charge in [0.15, 0.2) is 0 Å². The van der Waals surface area contributed by atoms with Crippen molar-refractivity contribution in [1.82, 2.24) is 20.2 Å². The third kappa shape index (κ3) is 6.07. The van der Waals surface area contributed by atoms with Gasteiger partial charge in [0.2, 0.25) is 5.91 Å². The number of hydrogen-bond acceptors (Lipinski definition) is 7. The fourth-order valence-electron chi connectivity index (χ4n) is 3.61. The van der Waals surface area contributed by atoms with Gasteiger partial charge in [0.1, 0.15) is 17.7 Å². The summed E-state index contributed by atoms with van der Waals surface area (Å²) >= 11 is 0. The van der Waals surface area contributed by atoms with Crippen LogP contribution in [0.4, 0.5) is 4.79 Å². The van der Waals surface area contributed by atoms with Crippen molar-refractivity contribution in [3.63, 3.8) is 0 Å². The Labute approximate surface area is 177 Å². The quantitative estimate of drug-likeness (QED) is 0.661. The molecule has 0 bridgehead atoms. The van der Waals surface area contributed by atoms with E-state index in [9.17, 15) is 19.2 Å². The number of alkyl carbamates (subject to hydrolysis) is 1. The van der Waals surface area contributed by atoms with Gasteiger partial charge in [0.25, 0.3) is 5.91 Å². The molecule has 2 heterocycles. The first-order chi connectivity index (χ1) is 13.9. The van der Waals surface area contributed by atoms with Crippen molar-refractivity contribution in [2.75, 3.05) is 33.3 Å². The minimum Gasteiger partial charge on any atom is -0.467 e. The van der Waals surface area contributed by atoms with E-state index in [0.717, 1.165) is 0 Å². The van der Waals surface area contributed by atoms with E-state index in [1.165, 1.54) is 12.1 Å². The lowest BCUT2D eigenvalue weighted by molar-refractivity contribution is -0.166. The smallest absolute Gasteiger partial charge is 0.408 e. The molecule has 3 amide bonds. The van der Waals surface area contributed by atoms with Crippen molar-refractivity contribution in [2.45, 2.75) is 65.1 Å². The predicted molar refractivity (Wildman–Crippen MR) is 108 cm³/mol. The fraction of sp³-hybridized carbons (Fsp3) is 0.800. The maximum absolute atomic E-state index is 13.4. The summed E-state index contributed by atoms with van der Waals surface area (Å²) in [7, 11) is 1.28. The summed E-state index contributed by atoms with van der Waals surface area (Å²) in [6.45, 7) is 10.4. The highest BCUT2D eigenvalue weighted by atomic mass is 16.6. The van der Waals surface area contributed by atoms with E-state index in [1.807, 2.05) is 13.8 Å². The first-order valence-electron chi connectivity index (χ1n) is 10.4. The van der Waals surface area contributed by atoms with Crippen LogP contribution < -0.4 is 5.32 Å². The van der Waals surface area contributed by atoms with Crippen LogP contribution in [-0.2, 0) is 23.9 Å². The summed E-state index contributed by atoms with van der Waals surface area (Å²) in [4.78, 5) is 52.3. The molecule has 10 heteroatoms. The normalized spacial score (nSPS) is 23.0. The van der Waals surface area contributed by atoms with Crippen LogP contribution in [0.25, 0.3) is 0 Å². The summed E-state index contributed by atoms with van der Waals surface area (Å²) in [5.74, 6) is -0.875. The number of carbonyl (C=O) groups is 4. The molecule has 1 N–H and O–H groups in total. The van der Waals surface area contributed by atoms with Crippen LogP contribution >= 0.6 is 0 Å². The van der Waals surface area contributed by atoms with Gasteiger partial charge in [-0.05, 0) is 33.1 Å². The van der Waals surface area contributed by atoms with E-state index >= 15 is 0 Å². The molecular weight excluding hydrogens is 392 g/mol. The van der Waals surface area contributed by atoms with Crippen molar-refractivity contribution in [1.29, 1.82) is 0 Å². The maximum atomic E-state index is 13.4. The molecule has 0 spiro atoms. The number of fused-ring (bicyclic) bond motifs is 1. The third-order valence-corrected chi connectivity index (χ3v) is 4.92. The van der Waals surface area contributed by atoms with E-state index in [2.05, 4.69) is 5.32 Å². The van der Waals surface area contributed by atoms with Gasteiger partial charge in [0.05, 0.1) is 13.7 Å². The number of hydrogen-bond donors (Lipinski definition) is 1. The first kappa shape index (κ1) is 23.9. The Balaban J connectivity index is 2.28. The van der Waals surface area contributed by atoms with Crippen LogP contribution in [0.3, 0.4) is 0 Å². The van der Waals surface area contributed by atoms with Gasteiger partial charge in [0, 0.05) is 26.1 Å². The number of nitrogens with zero attached hydrogens (tertiary/aromatic N) is 3. The summed E-state index contributed by atoms with van der Waals surface area (Å²) in [6.07, 6.45) is 0.0253. The van der Waals surface area contributed by atoms with E-state index in [4.69, 9.17) is 9.47 Å². The highest BCUT2D eigenvalue weighted by molar-refractivity contribution is 5.90. The summed E-state index contributed by atoms with van der Waals surface area (Å²) in [6, 6.07) is -1.78. The standard InChI is InChI=1S/C20H34N4O6/c1-13(2)11-16(25)22-9-10-23-8-7-15(18(27)29-6)24(23)17(26)14(12-22)21-19(28)30-20(3,4)5/h13-15H,7-12H2,1-6H3,(H,21,28)/t14-,15-/m0/s1. The zero-order valence-electron chi connectivity index (χ0n) is 18.8. The molecule has 10 nitrogen and oxygen atoms in total. The minimum atomic E-state index is -1.04. The number of ether oxygens (including phenoxy) is 2. The molecule has 2 fully saturated rings. The number of carbonyl (C=O) groups excluding carboxylic acids is 4. The largest absolute Gasteiger partial charge is 0.467 e. The number of amides is 3. The van der Waals surface area contributed by atoms with Crippen molar-refractivity contribution < 1.29 is 28.7 Å². The van der Waals surface area contributed by atoms with Crippen LogP contribution in [0.5, 0.6) is 0 Å². The highest BCUT2D eigenvalue weighted by Gasteiger charge is 2.45. The number of methoxy groups -OCH3 is 1. The third-order valence-electron chi connectivity index (χ3n) is 4.92. The number of rotatable bonds is 4. The average Bonchev–Trinajstić information content (AvgIpc) is 3.02. The van der Waals surface area contributed by atoms with Gasteiger partial charge in [-0.3, -0.25) is 14.6 Å². The second-order valence-electron chi connectivity index (χ2n) is 9.10. The van der Waals surface area contributed by atoms with Crippen molar-refractivity contribution >= 4 is 23.9 Å². The molecule has 0 unspecified atom stereocenters. The molecule has 0 saturated carbocycles. The first-order valence-corrected chi connectivity index (χ1v) is 10.4. The molecule has 0 aliphatic carbocycles. The van der Waals surface area contributed by atoms with Crippen LogP contribution in [0, 0.1) is 5.92 Å². The Hall–Kier alpha value is -2.36. The molecule has 2 aliphatic rings. The minimum absolute atomic E-state index is 0.0157. The van der Waals surface area contributed by atoms with Crippen molar-refractivity contribution in [3.05, 3.63) is 0 Å². The summed E-state index contributed by atoms with van der Waals surface area (Å²) in [5, 5.41) is 5.72. The molecule has 0 radical (unpaired) electrons. The molecule has 2 rings (SSSR count). The lowest BCUT2D eigenvalue weighted by Crippen LogP contribution is -2.63. The molecule has 0 aromatic carbocycles. The fourth-order valence-corrected chi connectivity index (χ4v) is 3.61. The Morgan fingerprint density at radius 3 is 2.40 bits per heavy atom. The Morgan fingerprint density at radius 1 is 1.17 bits per heavy atom. The molecule has 0 aromatic rings. The summed E-state index contributed by atoms with van der Waals surface area (Å²) in [5.41, 5.74) is -0.740. The van der Waals surface area contributed by atoms with Crippen molar-refractivity contribution in [3.8, 4) is 0 Å². The highest BCUT2D eigenvalue weighted by Crippen LogP contribution is 2.23. The predicted octanol–water partition coefficient (Wildman–Crippen LogP) is 0.759. The van der Waals surface area contributed by atoms with Gasteiger partial charge >= 0.3 is 12.1 Å². The van der Waals surface area contributed by atoms with Crippen LogP contribution in [0.2, 0.25) is 0 Å². The maximum Gasteiger partial charge on any atom is 0.408 e. The lowest BCUT2D eigenvalue weighted by Gasteiger charge is -2.39. The monoisotopic (exact) mass is 426 g/mol.